The van der Waals surface area contributed by atoms with Crippen molar-refractivity contribution in [2.24, 2.45) is 0 Å². The lowest BCUT2D eigenvalue weighted by Crippen LogP contribution is -2.36. The molecule has 2 aromatic rings. The third-order valence-electron chi connectivity index (χ3n) is 6.59. The first-order valence-corrected chi connectivity index (χ1v) is 11.9. The van der Waals surface area contributed by atoms with Crippen molar-refractivity contribution in [1.82, 2.24) is 20.9 Å². The summed E-state index contributed by atoms with van der Waals surface area (Å²) in [6, 6.07) is 5.22. The maximum atomic E-state index is 13.7. The van der Waals surface area contributed by atoms with E-state index in [1.54, 1.807) is 12.1 Å². The van der Waals surface area contributed by atoms with Crippen LogP contribution < -0.4 is 16.0 Å². The summed E-state index contributed by atoms with van der Waals surface area (Å²) in [5, 5.41) is 10.5. The molecule has 2 aliphatic heterocycles. The van der Waals surface area contributed by atoms with Gasteiger partial charge in [0.1, 0.15) is 5.82 Å². The molecule has 0 unspecified atom stereocenters. The Labute approximate surface area is 179 Å². The SMILES string of the molecule is O=C(CCCC[C@@H]1SC[C@@H]2NC(=O)N[C@@H]21)N[C@H]1CCCc2c1[nH]c1ccc(F)cc21. The molecule has 5 rings (SSSR count). The molecule has 3 aliphatic rings. The number of H-pyrrole nitrogens is 1. The average Bonchev–Trinajstić information content (AvgIpc) is 3.38. The lowest BCUT2D eigenvalue weighted by Gasteiger charge is -2.24. The van der Waals surface area contributed by atoms with Gasteiger partial charge in [0.15, 0.2) is 0 Å². The highest BCUT2D eigenvalue weighted by atomic mass is 32.2. The van der Waals surface area contributed by atoms with Gasteiger partial charge >= 0.3 is 6.03 Å². The second-order valence-electron chi connectivity index (χ2n) is 8.59. The molecule has 4 N–H and O–H groups in total. The molecule has 0 radical (unpaired) electrons. The number of aromatic nitrogens is 1. The molecule has 8 heteroatoms. The lowest BCUT2D eigenvalue weighted by atomic mass is 9.91. The molecule has 1 aromatic heterocycles. The topological polar surface area (TPSA) is 86.0 Å². The van der Waals surface area contributed by atoms with Gasteiger partial charge in [-0.3, -0.25) is 4.79 Å². The Balaban J connectivity index is 1.13. The molecule has 160 valence electrons. The molecular formula is C22H27FN4O2S. The lowest BCUT2D eigenvalue weighted by molar-refractivity contribution is -0.122. The van der Waals surface area contributed by atoms with Gasteiger partial charge in [0, 0.05) is 34.0 Å². The first-order chi connectivity index (χ1) is 14.6. The van der Waals surface area contributed by atoms with E-state index in [2.05, 4.69) is 20.9 Å². The normalized spacial score (nSPS) is 27.4. The zero-order valence-corrected chi connectivity index (χ0v) is 17.6. The number of halogens is 1. The predicted octanol–water partition coefficient (Wildman–Crippen LogP) is 3.53. The summed E-state index contributed by atoms with van der Waals surface area (Å²) < 4.78 is 13.7. The van der Waals surface area contributed by atoms with Crippen molar-refractivity contribution in [3.05, 3.63) is 35.3 Å². The van der Waals surface area contributed by atoms with Gasteiger partial charge in [-0.2, -0.15) is 11.8 Å². The number of fused-ring (bicyclic) bond motifs is 4. The van der Waals surface area contributed by atoms with Gasteiger partial charge in [-0.25, -0.2) is 9.18 Å². The second-order valence-corrected chi connectivity index (χ2v) is 9.86. The molecule has 2 fully saturated rings. The zero-order valence-electron chi connectivity index (χ0n) is 16.8. The molecular weight excluding hydrogens is 403 g/mol. The molecule has 0 saturated carbocycles. The molecule has 6 nitrogen and oxygen atoms in total. The fourth-order valence-electron chi connectivity index (χ4n) is 5.12. The molecule has 30 heavy (non-hydrogen) atoms. The van der Waals surface area contributed by atoms with Crippen LogP contribution in [-0.4, -0.2) is 40.0 Å². The molecule has 3 heterocycles. The number of aromatic amines is 1. The monoisotopic (exact) mass is 430 g/mol. The summed E-state index contributed by atoms with van der Waals surface area (Å²) in [5.41, 5.74) is 3.11. The van der Waals surface area contributed by atoms with Gasteiger partial charge < -0.3 is 20.9 Å². The van der Waals surface area contributed by atoms with E-state index < -0.39 is 0 Å². The molecule has 1 aliphatic carbocycles. The van der Waals surface area contributed by atoms with Crippen molar-refractivity contribution in [2.45, 2.75) is 68.3 Å². The number of carbonyl (C=O) groups excluding carboxylic acids is 2. The summed E-state index contributed by atoms with van der Waals surface area (Å²) in [6.45, 7) is 0. The summed E-state index contributed by atoms with van der Waals surface area (Å²) in [7, 11) is 0. The minimum Gasteiger partial charge on any atom is -0.356 e. The van der Waals surface area contributed by atoms with Gasteiger partial charge in [-0.1, -0.05) is 6.42 Å². The first kappa shape index (κ1) is 19.7. The van der Waals surface area contributed by atoms with Crippen LogP contribution in [0.15, 0.2) is 18.2 Å². The van der Waals surface area contributed by atoms with E-state index in [0.29, 0.717) is 11.7 Å². The number of benzene rings is 1. The van der Waals surface area contributed by atoms with E-state index in [-0.39, 0.29) is 35.9 Å². The van der Waals surface area contributed by atoms with Crippen LogP contribution in [0.4, 0.5) is 9.18 Å². The van der Waals surface area contributed by atoms with Gasteiger partial charge in [0.2, 0.25) is 5.91 Å². The van der Waals surface area contributed by atoms with E-state index >= 15 is 0 Å². The Morgan fingerprint density at radius 3 is 3.07 bits per heavy atom. The summed E-state index contributed by atoms with van der Waals surface area (Å²) in [6.07, 6.45) is 6.16. The van der Waals surface area contributed by atoms with Crippen molar-refractivity contribution >= 4 is 34.6 Å². The number of rotatable bonds is 6. The van der Waals surface area contributed by atoms with Gasteiger partial charge in [0.05, 0.1) is 18.1 Å². The number of carbonyl (C=O) groups is 2. The van der Waals surface area contributed by atoms with Crippen LogP contribution >= 0.6 is 11.8 Å². The number of thioether (sulfide) groups is 1. The van der Waals surface area contributed by atoms with E-state index in [4.69, 9.17) is 0 Å². The minimum absolute atomic E-state index is 0.0253. The Morgan fingerprint density at radius 1 is 1.27 bits per heavy atom. The third kappa shape index (κ3) is 3.77. The first-order valence-electron chi connectivity index (χ1n) is 10.9. The maximum absolute atomic E-state index is 13.7. The Bertz CT molecular complexity index is 977. The largest absolute Gasteiger partial charge is 0.356 e. The van der Waals surface area contributed by atoms with E-state index in [1.165, 1.54) is 6.07 Å². The highest BCUT2D eigenvalue weighted by molar-refractivity contribution is 8.00. The number of amides is 3. The number of nitrogens with one attached hydrogen (secondary N) is 4. The van der Waals surface area contributed by atoms with Crippen LogP contribution in [0.25, 0.3) is 10.9 Å². The third-order valence-corrected chi connectivity index (χ3v) is 8.09. The van der Waals surface area contributed by atoms with Crippen molar-refractivity contribution in [1.29, 1.82) is 0 Å². The number of aryl methyl sites for hydroxylation is 1. The van der Waals surface area contributed by atoms with Crippen LogP contribution in [0.1, 0.15) is 55.8 Å². The van der Waals surface area contributed by atoms with E-state index in [0.717, 1.165) is 66.4 Å². The van der Waals surface area contributed by atoms with Crippen molar-refractivity contribution in [3.63, 3.8) is 0 Å². The smallest absolute Gasteiger partial charge is 0.315 e. The number of urea groups is 1. The van der Waals surface area contributed by atoms with Crippen molar-refractivity contribution in [3.8, 4) is 0 Å². The van der Waals surface area contributed by atoms with Crippen LogP contribution in [0.3, 0.4) is 0 Å². The summed E-state index contributed by atoms with van der Waals surface area (Å²) >= 11 is 1.91. The average molecular weight is 431 g/mol. The molecule has 1 aromatic carbocycles. The molecule has 3 amide bonds. The zero-order chi connectivity index (χ0) is 20.7. The van der Waals surface area contributed by atoms with Crippen LogP contribution in [-0.2, 0) is 11.2 Å². The Hall–Kier alpha value is -2.22. The number of unbranched alkanes of at least 4 members (excludes halogenated alkanes) is 1. The quantitative estimate of drug-likeness (QED) is 0.418. The number of hydrogen-bond donors (Lipinski definition) is 4. The maximum Gasteiger partial charge on any atom is 0.315 e. The fourth-order valence-corrected chi connectivity index (χ4v) is 6.66. The standard InChI is InChI=1S/C22H27FN4O2S/c23-12-8-9-15-14(10-12)13-4-3-5-16(20(13)25-15)24-19(28)7-2-1-6-18-21-17(11-30-18)26-22(29)27-21/h8-10,16-18,21,25H,1-7,11H2,(H,24,28)(H2,26,27,29)/t16-,17-,18-,21-/m0/s1. The molecule has 4 atom stereocenters. The highest BCUT2D eigenvalue weighted by Gasteiger charge is 2.42. The highest BCUT2D eigenvalue weighted by Crippen LogP contribution is 2.35. The number of hydrogen-bond acceptors (Lipinski definition) is 3. The van der Waals surface area contributed by atoms with Gasteiger partial charge in [0.25, 0.3) is 0 Å². The molecule has 2 saturated heterocycles. The van der Waals surface area contributed by atoms with Crippen molar-refractivity contribution in [2.75, 3.05) is 5.75 Å². The van der Waals surface area contributed by atoms with Crippen LogP contribution in [0, 0.1) is 5.82 Å². The fraction of sp³-hybridized carbons (Fsp3) is 0.545. The van der Waals surface area contributed by atoms with E-state index in [1.807, 2.05) is 11.8 Å². The van der Waals surface area contributed by atoms with Crippen molar-refractivity contribution < 1.29 is 14.0 Å². The van der Waals surface area contributed by atoms with Crippen LogP contribution in [0.2, 0.25) is 0 Å². The Morgan fingerprint density at radius 2 is 2.17 bits per heavy atom. The minimum atomic E-state index is -0.227. The molecule has 0 spiro atoms. The van der Waals surface area contributed by atoms with Crippen LogP contribution in [0.5, 0.6) is 0 Å². The van der Waals surface area contributed by atoms with E-state index in [9.17, 15) is 14.0 Å². The molecule has 0 bridgehead atoms. The Kier molecular flexibility index (Phi) is 5.35. The second kappa shape index (κ2) is 8.13. The predicted molar refractivity (Wildman–Crippen MR) is 116 cm³/mol. The summed E-state index contributed by atoms with van der Waals surface area (Å²) in [4.78, 5) is 27.4. The van der Waals surface area contributed by atoms with Gasteiger partial charge in [-0.15, -0.1) is 0 Å². The summed E-state index contributed by atoms with van der Waals surface area (Å²) in [5.74, 6) is 0.813. The van der Waals surface area contributed by atoms with Gasteiger partial charge in [-0.05, 0) is 55.9 Å².